The van der Waals surface area contributed by atoms with E-state index in [0.717, 1.165) is 14.5 Å². The van der Waals surface area contributed by atoms with Gasteiger partial charge in [0.1, 0.15) is 0 Å². The predicted molar refractivity (Wildman–Crippen MR) is 89.5 cm³/mol. The van der Waals surface area contributed by atoms with Gasteiger partial charge >= 0.3 is 0 Å². The zero-order valence-electron chi connectivity index (χ0n) is 11.4. The number of aromatic nitrogens is 1. The fourth-order valence-electron chi connectivity index (χ4n) is 2.57. The number of hydrogen-bond acceptors (Lipinski definition) is 0. The van der Waals surface area contributed by atoms with E-state index in [0.29, 0.717) is 5.39 Å². The van der Waals surface area contributed by atoms with Gasteiger partial charge in [-0.25, -0.2) is 0 Å². The first kappa shape index (κ1) is 13.6. The second-order valence-corrected chi connectivity index (χ2v) is 6.58. The summed E-state index contributed by atoms with van der Waals surface area (Å²) < 4.78 is 17.5. The van der Waals surface area contributed by atoms with Gasteiger partial charge in [0.05, 0.1) is 5.54 Å². The van der Waals surface area contributed by atoms with Crippen molar-refractivity contribution in [3.05, 3.63) is 69.8 Å². The predicted octanol–water partition coefficient (Wildman–Crippen LogP) is 5.17. The second-order valence-electron chi connectivity index (χ2n) is 5.42. The molecule has 0 unspecified atom stereocenters. The lowest BCUT2D eigenvalue weighted by Gasteiger charge is -2.28. The average Bonchev–Trinajstić information content (AvgIpc) is 2.79. The number of halogens is 2. The van der Waals surface area contributed by atoms with E-state index in [1.165, 1.54) is 0 Å². The largest absolute Gasteiger partial charge is 0.314 e. The Morgan fingerprint density at radius 2 is 1.70 bits per heavy atom. The van der Waals surface area contributed by atoms with Gasteiger partial charge in [0, 0.05) is 20.5 Å². The van der Waals surface area contributed by atoms with Gasteiger partial charge in [0.25, 0.3) is 0 Å². The zero-order chi connectivity index (χ0) is 14.3. The lowest BCUT2D eigenvalue weighted by atomic mass is 9.94. The van der Waals surface area contributed by atoms with Crippen LogP contribution in [-0.4, -0.2) is 4.57 Å². The summed E-state index contributed by atoms with van der Waals surface area (Å²) in [5, 5.41) is 1.65. The average molecular weight is 379 g/mol. The smallest absolute Gasteiger partial charge is 0.203 e. The summed E-state index contributed by atoms with van der Waals surface area (Å²) in [6, 6.07) is 15.9. The van der Waals surface area contributed by atoms with E-state index in [-0.39, 0.29) is 5.95 Å². The molecular formula is C17H15FIN. The highest BCUT2D eigenvalue weighted by molar-refractivity contribution is 14.1. The maximum absolute atomic E-state index is 14.8. The normalized spacial score (nSPS) is 12.0. The van der Waals surface area contributed by atoms with Crippen molar-refractivity contribution in [2.45, 2.75) is 19.4 Å². The number of benzene rings is 2. The minimum Gasteiger partial charge on any atom is -0.314 e. The summed E-state index contributed by atoms with van der Waals surface area (Å²) >= 11 is 2.19. The first-order valence-electron chi connectivity index (χ1n) is 6.53. The molecule has 0 amide bonds. The van der Waals surface area contributed by atoms with Crippen LogP contribution < -0.4 is 0 Å². The maximum Gasteiger partial charge on any atom is 0.203 e. The van der Waals surface area contributed by atoms with Gasteiger partial charge in [-0.2, -0.15) is 4.39 Å². The molecule has 1 heterocycles. The highest BCUT2D eigenvalue weighted by Crippen LogP contribution is 2.33. The molecule has 0 spiro atoms. The van der Waals surface area contributed by atoms with Crippen LogP contribution in [0.3, 0.4) is 0 Å². The second kappa shape index (κ2) is 4.88. The summed E-state index contributed by atoms with van der Waals surface area (Å²) in [6.07, 6.45) is 1.90. The van der Waals surface area contributed by atoms with Crippen molar-refractivity contribution >= 4 is 33.4 Å². The summed E-state index contributed by atoms with van der Waals surface area (Å²) in [7, 11) is 0. The Hall–Kier alpha value is -1.36. The molecule has 3 heteroatoms. The third-order valence-corrected chi connectivity index (χ3v) is 4.71. The Morgan fingerprint density at radius 1 is 1.00 bits per heavy atom. The third kappa shape index (κ3) is 2.04. The van der Waals surface area contributed by atoms with Crippen LogP contribution in [0.4, 0.5) is 4.39 Å². The van der Waals surface area contributed by atoms with E-state index in [2.05, 4.69) is 22.6 Å². The minimum absolute atomic E-state index is 0.168. The highest BCUT2D eigenvalue weighted by Gasteiger charge is 2.26. The SMILES string of the molecule is CC(C)(c1ccccc1)n1cc2cccc(I)c2c1F. The molecular weight excluding hydrogens is 364 g/mol. The number of hydrogen-bond donors (Lipinski definition) is 0. The van der Waals surface area contributed by atoms with Gasteiger partial charge in [-0.3, -0.25) is 0 Å². The van der Waals surface area contributed by atoms with E-state index in [1.807, 2.05) is 68.6 Å². The molecule has 0 fully saturated rings. The molecule has 2 aromatic carbocycles. The van der Waals surface area contributed by atoms with E-state index in [1.54, 1.807) is 4.57 Å². The first-order valence-corrected chi connectivity index (χ1v) is 7.61. The van der Waals surface area contributed by atoms with Crippen molar-refractivity contribution in [1.82, 2.24) is 4.57 Å². The van der Waals surface area contributed by atoms with E-state index in [9.17, 15) is 4.39 Å². The van der Waals surface area contributed by atoms with Crippen molar-refractivity contribution in [3.63, 3.8) is 0 Å². The van der Waals surface area contributed by atoms with Crippen molar-refractivity contribution in [2.24, 2.45) is 0 Å². The summed E-state index contributed by atoms with van der Waals surface area (Å²) in [5.74, 6) is -0.168. The fraction of sp³-hybridized carbons (Fsp3) is 0.176. The van der Waals surface area contributed by atoms with Gasteiger partial charge < -0.3 is 4.57 Å². The van der Waals surface area contributed by atoms with Crippen LogP contribution in [0.1, 0.15) is 19.4 Å². The van der Waals surface area contributed by atoms with Crippen LogP contribution in [0.25, 0.3) is 10.8 Å². The molecule has 1 nitrogen and oxygen atoms in total. The number of fused-ring (bicyclic) bond motifs is 1. The lowest BCUT2D eigenvalue weighted by Crippen LogP contribution is -2.28. The topological polar surface area (TPSA) is 4.93 Å². The fourth-order valence-corrected chi connectivity index (χ4v) is 3.32. The third-order valence-electron chi connectivity index (χ3n) is 3.81. The van der Waals surface area contributed by atoms with Crippen molar-refractivity contribution in [2.75, 3.05) is 0 Å². The molecule has 3 rings (SSSR count). The molecule has 0 radical (unpaired) electrons. The van der Waals surface area contributed by atoms with Crippen LogP contribution in [-0.2, 0) is 5.54 Å². The van der Waals surface area contributed by atoms with Crippen molar-refractivity contribution in [3.8, 4) is 0 Å². The van der Waals surface area contributed by atoms with E-state index >= 15 is 0 Å². The van der Waals surface area contributed by atoms with Gasteiger partial charge in [0.2, 0.25) is 5.95 Å². The summed E-state index contributed by atoms with van der Waals surface area (Å²) in [4.78, 5) is 0. The van der Waals surface area contributed by atoms with E-state index in [4.69, 9.17) is 0 Å². The Balaban J connectivity index is 2.25. The maximum atomic E-state index is 14.8. The Labute approximate surface area is 131 Å². The van der Waals surface area contributed by atoms with Crippen LogP contribution in [0.15, 0.2) is 54.7 Å². The van der Waals surface area contributed by atoms with Gasteiger partial charge in [0.15, 0.2) is 0 Å². The van der Waals surface area contributed by atoms with Crippen molar-refractivity contribution in [1.29, 1.82) is 0 Å². The highest BCUT2D eigenvalue weighted by atomic mass is 127. The molecule has 0 bridgehead atoms. The Kier molecular flexibility index (Phi) is 3.32. The molecule has 0 N–H and O–H groups in total. The standard InChI is InChI=1S/C17H15FIN/c1-17(2,13-8-4-3-5-9-13)20-11-12-7-6-10-14(19)15(12)16(20)18/h3-11H,1-2H3. The van der Waals surface area contributed by atoms with Crippen LogP contribution in [0.5, 0.6) is 0 Å². The molecule has 0 saturated carbocycles. The summed E-state index contributed by atoms with van der Waals surface area (Å²) in [6.45, 7) is 4.08. The summed E-state index contributed by atoms with van der Waals surface area (Å²) in [5.41, 5.74) is 0.669. The molecule has 3 aromatic rings. The lowest BCUT2D eigenvalue weighted by molar-refractivity contribution is 0.369. The van der Waals surface area contributed by atoms with Gasteiger partial charge in [-0.15, -0.1) is 0 Å². The van der Waals surface area contributed by atoms with Crippen LogP contribution in [0.2, 0.25) is 0 Å². The van der Waals surface area contributed by atoms with Crippen LogP contribution >= 0.6 is 22.6 Å². The molecule has 0 atom stereocenters. The molecule has 1 aromatic heterocycles. The van der Waals surface area contributed by atoms with Crippen LogP contribution in [0, 0.1) is 9.52 Å². The van der Waals surface area contributed by atoms with Gasteiger partial charge in [-0.05, 0) is 48.1 Å². The van der Waals surface area contributed by atoms with Gasteiger partial charge in [-0.1, -0.05) is 42.5 Å². The molecule has 0 aliphatic carbocycles. The first-order chi connectivity index (χ1) is 9.51. The molecule has 0 saturated heterocycles. The number of rotatable bonds is 2. The Bertz CT molecular complexity index is 759. The minimum atomic E-state index is -0.423. The van der Waals surface area contributed by atoms with E-state index < -0.39 is 5.54 Å². The van der Waals surface area contributed by atoms with Crippen molar-refractivity contribution < 1.29 is 4.39 Å². The Morgan fingerprint density at radius 3 is 2.35 bits per heavy atom. The molecule has 20 heavy (non-hydrogen) atoms. The monoisotopic (exact) mass is 379 g/mol. The quantitative estimate of drug-likeness (QED) is 0.542. The number of nitrogens with zero attached hydrogens (tertiary/aromatic N) is 1. The molecule has 0 aliphatic rings. The molecule has 0 aliphatic heterocycles. The zero-order valence-corrected chi connectivity index (χ0v) is 13.6. The molecule has 102 valence electrons.